The van der Waals surface area contributed by atoms with Crippen molar-refractivity contribution in [2.45, 2.75) is 6.92 Å². The van der Waals surface area contributed by atoms with E-state index < -0.39 is 23.2 Å². The molecule has 0 aliphatic heterocycles. The van der Waals surface area contributed by atoms with Crippen LogP contribution in [0.15, 0.2) is 24.3 Å². The Morgan fingerprint density at radius 1 is 1.33 bits per heavy atom. The highest BCUT2D eigenvalue weighted by Gasteiger charge is 2.16. The maximum absolute atomic E-state index is 13.8. The van der Waals surface area contributed by atoms with E-state index in [1.807, 2.05) is 0 Å². The van der Waals surface area contributed by atoms with E-state index in [9.17, 15) is 13.6 Å². The number of pyridine rings is 1. The molecule has 2 rings (SSSR count). The molecule has 0 saturated heterocycles. The number of nitrogens with one attached hydrogen (secondary N) is 2. The van der Waals surface area contributed by atoms with Gasteiger partial charge in [-0.25, -0.2) is 19.6 Å². The third-order valence-electron chi connectivity index (χ3n) is 2.73. The Morgan fingerprint density at radius 3 is 2.71 bits per heavy atom. The fraction of sp³-hybridized carbons (Fsp3) is 0.0769. The van der Waals surface area contributed by atoms with Gasteiger partial charge < -0.3 is 10.7 Å². The lowest BCUT2D eigenvalue weighted by Crippen LogP contribution is -2.16. The van der Waals surface area contributed by atoms with Gasteiger partial charge in [0.05, 0.1) is 0 Å². The predicted octanol–water partition coefficient (Wildman–Crippen LogP) is 2.86. The Morgan fingerprint density at radius 2 is 2.05 bits per heavy atom. The lowest BCUT2D eigenvalue weighted by molar-refractivity contribution is 0.102. The Balaban J connectivity index is 2.35. The van der Waals surface area contributed by atoms with Crippen LogP contribution in [0.4, 0.5) is 20.3 Å². The van der Waals surface area contributed by atoms with Crippen molar-refractivity contribution in [2.75, 3.05) is 10.7 Å². The molecule has 0 radical (unpaired) electrons. The quantitative estimate of drug-likeness (QED) is 0.462. The van der Waals surface area contributed by atoms with E-state index in [1.54, 1.807) is 0 Å². The molecule has 2 aromatic rings. The zero-order chi connectivity index (χ0) is 15.6. The van der Waals surface area contributed by atoms with E-state index in [2.05, 4.69) is 15.7 Å². The molecule has 4 N–H and O–H groups in total. The Hall–Kier alpha value is -2.25. The summed E-state index contributed by atoms with van der Waals surface area (Å²) in [6.07, 6.45) is 0. The van der Waals surface area contributed by atoms with Gasteiger partial charge >= 0.3 is 0 Å². The number of hydrogen-bond acceptors (Lipinski definition) is 4. The molecule has 0 unspecified atom stereocenters. The van der Waals surface area contributed by atoms with Gasteiger partial charge in [0.15, 0.2) is 5.82 Å². The van der Waals surface area contributed by atoms with E-state index in [-0.39, 0.29) is 22.1 Å². The molecule has 1 heterocycles. The number of nitrogens with zero attached hydrogens (tertiary/aromatic N) is 1. The highest BCUT2D eigenvalue weighted by atomic mass is 35.5. The van der Waals surface area contributed by atoms with Crippen LogP contribution in [0.5, 0.6) is 0 Å². The first kappa shape index (κ1) is 15.1. The number of hydrazine groups is 1. The molecular formula is C13H11ClF2N4O. The molecule has 21 heavy (non-hydrogen) atoms. The van der Waals surface area contributed by atoms with Crippen LogP contribution in [0.1, 0.15) is 15.9 Å². The topological polar surface area (TPSA) is 80.0 Å². The first-order chi connectivity index (χ1) is 9.92. The summed E-state index contributed by atoms with van der Waals surface area (Å²) in [5, 5.41) is 2.18. The van der Waals surface area contributed by atoms with E-state index >= 15 is 0 Å². The van der Waals surface area contributed by atoms with Crippen molar-refractivity contribution in [3.63, 3.8) is 0 Å². The molecule has 1 aromatic heterocycles. The normalized spacial score (nSPS) is 10.3. The van der Waals surface area contributed by atoms with Crippen LogP contribution in [0.2, 0.25) is 5.15 Å². The van der Waals surface area contributed by atoms with Crippen LogP contribution in [0.25, 0.3) is 0 Å². The molecule has 0 spiro atoms. The van der Waals surface area contributed by atoms with Gasteiger partial charge in [-0.15, -0.1) is 0 Å². The van der Waals surface area contributed by atoms with Crippen molar-refractivity contribution in [3.05, 3.63) is 52.2 Å². The fourth-order valence-corrected chi connectivity index (χ4v) is 1.87. The van der Waals surface area contributed by atoms with Gasteiger partial charge in [0, 0.05) is 5.56 Å². The standard InChI is InChI=1S/C13H11ClF2N4O/c1-6-2-3-8(15)12(11(6)16)19-13(21)7-4-9(14)18-10(5-7)20-17/h2-5H,17H2,1H3,(H,18,20)(H,19,21). The maximum atomic E-state index is 13.8. The van der Waals surface area contributed by atoms with Gasteiger partial charge in [-0.3, -0.25) is 4.79 Å². The minimum atomic E-state index is -0.872. The highest BCUT2D eigenvalue weighted by molar-refractivity contribution is 6.30. The molecule has 0 aliphatic carbocycles. The summed E-state index contributed by atoms with van der Waals surface area (Å²) in [5.74, 6) is 2.90. The average molecular weight is 313 g/mol. The number of benzene rings is 1. The molecule has 0 aliphatic rings. The van der Waals surface area contributed by atoms with E-state index in [0.29, 0.717) is 0 Å². The lowest BCUT2D eigenvalue weighted by Gasteiger charge is -2.10. The van der Waals surface area contributed by atoms with Crippen molar-refractivity contribution in [2.24, 2.45) is 5.84 Å². The summed E-state index contributed by atoms with van der Waals surface area (Å²) in [7, 11) is 0. The number of aryl methyl sites for hydroxylation is 1. The van der Waals surface area contributed by atoms with Crippen molar-refractivity contribution in [1.29, 1.82) is 0 Å². The van der Waals surface area contributed by atoms with Crippen molar-refractivity contribution in [1.82, 2.24) is 4.98 Å². The van der Waals surface area contributed by atoms with Crippen molar-refractivity contribution in [3.8, 4) is 0 Å². The van der Waals surface area contributed by atoms with Crippen LogP contribution >= 0.6 is 11.6 Å². The maximum Gasteiger partial charge on any atom is 0.256 e. The van der Waals surface area contributed by atoms with Gasteiger partial charge in [0.25, 0.3) is 5.91 Å². The molecule has 0 bridgehead atoms. The van der Waals surface area contributed by atoms with Crippen LogP contribution in [0, 0.1) is 18.6 Å². The average Bonchev–Trinajstić information content (AvgIpc) is 2.46. The van der Waals surface area contributed by atoms with E-state index in [4.69, 9.17) is 17.4 Å². The smallest absolute Gasteiger partial charge is 0.256 e. The van der Waals surface area contributed by atoms with Crippen LogP contribution in [-0.4, -0.2) is 10.9 Å². The fourth-order valence-electron chi connectivity index (χ4n) is 1.66. The third kappa shape index (κ3) is 3.26. The number of halogens is 3. The van der Waals surface area contributed by atoms with Gasteiger partial charge in [-0.2, -0.15) is 0 Å². The highest BCUT2D eigenvalue weighted by Crippen LogP contribution is 2.23. The number of amides is 1. The summed E-state index contributed by atoms with van der Waals surface area (Å²) in [6, 6.07) is 4.90. The number of anilines is 2. The lowest BCUT2D eigenvalue weighted by atomic mass is 10.2. The van der Waals surface area contributed by atoms with Gasteiger partial charge in [0.1, 0.15) is 22.5 Å². The Kier molecular flexibility index (Phi) is 4.35. The van der Waals surface area contributed by atoms with Crippen LogP contribution in [0.3, 0.4) is 0 Å². The number of nitrogen functional groups attached to an aromatic ring is 1. The number of rotatable bonds is 3. The number of carbonyl (C=O) groups excluding carboxylic acids is 1. The molecule has 5 nitrogen and oxygen atoms in total. The van der Waals surface area contributed by atoms with E-state index in [1.165, 1.54) is 25.1 Å². The second-order valence-electron chi connectivity index (χ2n) is 4.22. The van der Waals surface area contributed by atoms with Crippen molar-refractivity contribution < 1.29 is 13.6 Å². The molecule has 8 heteroatoms. The van der Waals surface area contributed by atoms with Gasteiger partial charge in [0.2, 0.25) is 0 Å². The van der Waals surface area contributed by atoms with Crippen LogP contribution in [-0.2, 0) is 0 Å². The third-order valence-corrected chi connectivity index (χ3v) is 2.92. The SMILES string of the molecule is Cc1ccc(F)c(NC(=O)c2cc(Cl)nc(NN)c2)c1F. The van der Waals surface area contributed by atoms with Gasteiger partial charge in [-0.1, -0.05) is 17.7 Å². The molecule has 0 atom stereocenters. The first-order valence-corrected chi connectivity index (χ1v) is 6.20. The summed E-state index contributed by atoms with van der Waals surface area (Å²) >= 11 is 5.73. The molecular weight excluding hydrogens is 302 g/mol. The monoisotopic (exact) mass is 312 g/mol. The summed E-state index contributed by atoms with van der Waals surface area (Å²) < 4.78 is 27.4. The molecule has 1 amide bonds. The number of nitrogens with two attached hydrogens (primary N) is 1. The van der Waals surface area contributed by atoms with Crippen molar-refractivity contribution >= 4 is 29.0 Å². The Bertz CT molecular complexity index is 709. The Labute approximate surface area is 124 Å². The van der Waals surface area contributed by atoms with E-state index in [0.717, 1.165) is 6.07 Å². The predicted molar refractivity (Wildman–Crippen MR) is 76.1 cm³/mol. The zero-order valence-electron chi connectivity index (χ0n) is 10.9. The number of carbonyl (C=O) groups is 1. The molecule has 0 saturated carbocycles. The first-order valence-electron chi connectivity index (χ1n) is 5.82. The second-order valence-corrected chi connectivity index (χ2v) is 4.60. The number of hydrogen-bond donors (Lipinski definition) is 3. The largest absolute Gasteiger partial charge is 0.317 e. The minimum Gasteiger partial charge on any atom is -0.317 e. The zero-order valence-corrected chi connectivity index (χ0v) is 11.6. The summed E-state index contributed by atoms with van der Waals surface area (Å²) in [6.45, 7) is 1.46. The second kappa shape index (κ2) is 6.02. The molecule has 1 aromatic carbocycles. The molecule has 0 fully saturated rings. The minimum absolute atomic E-state index is 0.0146. The summed E-state index contributed by atoms with van der Waals surface area (Å²) in [4.78, 5) is 15.8. The van der Waals surface area contributed by atoms with Gasteiger partial charge in [-0.05, 0) is 30.7 Å². The summed E-state index contributed by atoms with van der Waals surface area (Å²) in [5.41, 5.74) is 1.99. The molecule has 110 valence electrons. The van der Waals surface area contributed by atoms with Crippen LogP contribution < -0.4 is 16.6 Å². The number of aromatic nitrogens is 1.